The van der Waals surface area contributed by atoms with E-state index < -0.39 is 5.97 Å². The summed E-state index contributed by atoms with van der Waals surface area (Å²) < 4.78 is 16.9. The minimum Gasteiger partial charge on any atom is -0.497 e. The number of carbonyl (C=O) groups is 1. The van der Waals surface area contributed by atoms with Crippen molar-refractivity contribution in [2.75, 3.05) is 21.3 Å². The third-order valence-electron chi connectivity index (χ3n) is 3.88. The Morgan fingerprint density at radius 1 is 1.00 bits per heavy atom. The first-order valence-electron chi connectivity index (χ1n) is 7.95. The maximum atomic E-state index is 12.1. The molecule has 26 heavy (non-hydrogen) atoms. The van der Waals surface area contributed by atoms with Gasteiger partial charge in [0.25, 0.3) is 0 Å². The van der Waals surface area contributed by atoms with E-state index in [2.05, 4.69) is 10.1 Å². The Morgan fingerprint density at radius 2 is 1.73 bits per heavy atom. The van der Waals surface area contributed by atoms with Gasteiger partial charge < -0.3 is 14.2 Å². The fraction of sp³-hybridized carbons (Fsp3) is 0.211. The summed E-state index contributed by atoms with van der Waals surface area (Å²) in [5.74, 6) is 1.37. The summed E-state index contributed by atoms with van der Waals surface area (Å²) in [6.45, 7) is 0.372. The van der Waals surface area contributed by atoms with Crippen molar-refractivity contribution in [2.45, 2.75) is 6.54 Å². The van der Waals surface area contributed by atoms with Gasteiger partial charge in [0.15, 0.2) is 5.82 Å². The molecule has 134 valence electrons. The number of ether oxygens (including phenoxy) is 3. The van der Waals surface area contributed by atoms with Crippen LogP contribution in [0.25, 0.3) is 11.4 Å². The molecule has 3 aromatic rings. The van der Waals surface area contributed by atoms with Crippen LogP contribution in [0.2, 0.25) is 0 Å². The molecule has 0 spiro atoms. The Hall–Kier alpha value is -3.35. The van der Waals surface area contributed by atoms with Crippen molar-refractivity contribution >= 4 is 5.97 Å². The van der Waals surface area contributed by atoms with Crippen LogP contribution < -0.4 is 9.47 Å². The molecule has 3 rings (SSSR count). The largest absolute Gasteiger partial charge is 0.497 e. The summed E-state index contributed by atoms with van der Waals surface area (Å²) in [4.78, 5) is 16.5. The zero-order chi connectivity index (χ0) is 18.5. The molecule has 0 saturated heterocycles. The molecular weight excluding hydrogens is 334 g/mol. The summed E-state index contributed by atoms with van der Waals surface area (Å²) in [6, 6.07) is 14.9. The molecule has 0 N–H and O–H groups in total. The fourth-order valence-corrected chi connectivity index (χ4v) is 2.54. The summed E-state index contributed by atoms with van der Waals surface area (Å²) >= 11 is 0. The van der Waals surface area contributed by atoms with Crippen molar-refractivity contribution in [3.8, 4) is 22.9 Å². The Bertz CT molecular complexity index is 903. The quantitative estimate of drug-likeness (QED) is 0.634. The lowest BCUT2D eigenvalue weighted by Crippen LogP contribution is -2.13. The van der Waals surface area contributed by atoms with Gasteiger partial charge in [0, 0.05) is 0 Å². The van der Waals surface area contributed by atoms with Gasteiger partial charge in [-0.3, -0.25) is 0 Å². The van der Waals surface area contributed by atoms with Crippen LogP contribution >= 0.6 is 0 Å². The third-order valence-corrected chi connectivity index (χ3v) is 3.88. The van der Waals surface area contributed by atoms with Gasteiger partial charge in [0.1, 0.15) is 11.5 Å². The number of carbonyl (C=O) groups excluding carboxylic acids is 1. The van der Waals surface area contributed by atoms with E-state index in [4.69, 9.17) is 14.2 Å². The standard InChI is InChI=1S/C19H19N3O4/c1-24-14-10-8-13(9-11-14)12-22-18(19(23)26-3)20-17(21-22)15-6-4-5-7-16(15)25-2/h4-11H,12H2,1-3H3. The van der Waals surface area contributed by atoms with Crippen LogP contribution in [0.3, 0.4) is 0 Å². The van der Waals surface area contributed by atoms with E-state index in [0.717, 1.165) is 11.3 Å². The van der Waals surface area contributed by atoms with Crippen LogP contribution in [0, 0.1) is 0 Å². The van der Waals surface area contributed by atoms with E-state index in [1.807, 2.05) is 48.5 Å². The number of benzene rings is 2. The molecule has 0 atom stereocenters. The normalized spacial score (nSPS) is 10.4. The second-order valence-electron chi connectivity index (χ2n) is 5.46. The van der Waals surface area contributed by atoms with Crippen molar-refractivity contribution < 1.29 is 19.0 Å². The number of esters is 1. The summed E-state index contributed by atoms with van der Waals surface area (Å²) in [5.41, 5.74) is 1.65. The average Bonchev–Trinajstić information content (AvgIpc) is 3.11. The van der Waals surface area contributed by atoms with Gasteiger partial charge in [-0.2, -0.15) is 0 Å². The van der Waals surface area contributed by atoms with E-state index in [-0.39, 0.29) is 5.82 Å². The van der Waals surface area contributed by atoms with Crippen molar-refractivity contribution in [3.05, 3.63) is 59.9 Å². The topological polar surface area (TPSA) is 75.5 Å². The number of aromatic nitrogens is 3. The molecule has 0 aliphatic heterocycles. The van der Waals surface area contributed by atoms with E-state index in [9.17, 15) is 4.79 Å². The Labute approximate surface area is 151 Å². The second kappa shape index (κ2) is 7.69. The molecule has 0 radical (unpaired) electrons. The predicted molar refractivity (Wildman–Crippen MR) is 95.4 cm³/mol. The molecule has 0 aliphatic carbocycles. The molecule has 0 bridgehead atoms. The van der Waals surface area contributed by atoms with Gasteiger partial charge >= 0.3 is 5.97 Å². The number of hydrogen-bond donors (Lipinski definition) is 0. The lowest BCUT2D eigenvalue weighted by molar-refractivity contribution is 0.0580. The van der Waals surface area contributed by atoms with Crippen LogP contribution in [-0.4, -0.2) is 42.1 Å². The maximum absolute atomic E-state index is 12.1. The number of methoxy groups -OCH3 is 3. The molecule has 0 amide bonds. The summed E-state index contributed by atoms with van der Waals surface area (Å²) in [7, 11) is 4.51. The summed E-state index contributed by atoms with van der Waals surface area (Å²) in [5, 5.41) is 4.49. The molecule has 2 aromatic carbocycles. The van der Waals surface area contributed by atoms with Crippen LogP contribution in [0.1, 0.15) is 16.2 Å². The van der Waals surface area contributed by atoms with E-state index in [1.54, 1.807) is 14.2 Å². The van der Waals surface area contributed by atoms with Crippen LogP contribution in [-0.2, 0) is 11.3 Å². The summed E-state index contributed by atoms with van der Waals surface area (Å²) in [6.07, 6.45) is 0. The first kappa shape index (κ1) is 17.5. The van der Waals surface area contributed by atoms with Gasteiger partial charge in [0.05, 0.1) is 33.4 Å². The van der Waals surface area contributed by atoms with Crippen LogP contribution in [0.4, 0.5) is 0 Å². The number of rotatable bonds is 6. The number of para-hydroxylation sites is 1. The first-order valence-corrected chi connectivity index (χ1v) is 7.95. The molecule has 0 fully saturated rings. The molecule has 7 heteroatoms. The van der Waals surface area contributed by atoms with E-state index in [1.165, 1.54) is 11.8 Å². The van der Waals surface area contributed by atoms with Crippen molar-refractivity contribution in [3.63, 3.8) is 0 Å². The Balaban J connectivity index is 2.00. The van der Waals surface area contributed by atoms with E-state index in [0.29, 0.717) is 23.7 Å². The van der Waals surface area contributed by atoms with Gasteiger partial charge in [-0.05, 0) is 29.8 Å². The van der Waals surface area contributed by atoms with Crippen LogP contribution in [0.15, 0.2) is 48.5 Å². The van der Waals surface area contributed by atoms with Crippen molar-refractivity contribution in [1.82, 2.24) is 14.8 Å². The lowest BCUT2D eigenvalue weighted by atomic mass is 10.2. The molecule has 0 aliphatic rings. The highest BCUT2D eigenvalue weighted by Crippen LogP contribution is 2.27. The third kappa shape index (κ3) is 3.51. The van der Waals surface area contributed by atoms with Crippen LogP contribution in [0.5, 0.6) is 11.5 Å². The second-order valence-corrected chi connectivity index (χ2v) is 5.46. The van der Waals surface area contributed by atoms with E-state index >= 15 is 0 Å². The predicted octanol–water partition coefficient (Wildman–Crippen LogP) is 2.80. The Morgan fingerprint density at radius 3 is 2.38 bits per heavy atom. The van der Waals surface area contributed by atoms with Crippen molar-refractivity contribution in [2.24, 2.45) is 0 Å². The molecule has 0 unspecified atom stereocenters. The molecular formula is C19H19N3O4. The maximum Gasteiger partial charge on any atom is 0.375 e. The van der Waals surface area contributed by atoms with Gasteiger partial charge in [-0.15, -0.1) is 5.10 Å². The minimum absolute atomic E-state index is 0.129. The van der Waals surface area contributed by atoms with Crippen molar-refractivity contribution in [1.29, 1.82) is 0 Å². The number of nitrogens with zero attached hydrogens (tertiary/aromatic N) is 3. The van der Waals surface area contributed by atoms with Gasteiger partial charge in [0.2, 0.25) is 5.82 Å². The fourth-order valence-electron chi connectivity index (χ4n) is 2.54. The Kier molecular flexibility index (Phi) is 5.17. The first-order chi connectivity index (χ1) is 12.7. The highest BCUT2D eigenvalue weighted by Gasteiger charge is 2.20. The number of hydrogen-bond acceptors (Lipinski definition) is 6. The molecule has 1 heterocycles. The molecule has 0 saturated carbocycles. The smallest absolute Gasteiger partial charge is 0.375 e. The zero-order valence-corrected chi connectivity index (χ0v) is 14.8. The van der Waals surface area contributed by atoms with Gasteiger partial charge in [-0.1, -0.05) is 24.3 Å². The highest BCUT2D eigenvalue weighted by atomic mass is 16.5. The van der Waals surface area contributed by atoms with Gasteiger partial charge in [-0.25, -0.2) is 14.5 Å². The molecule has 1 aromatic heterocycles. The highest BCUT2D eigenvalue weighted by molar-refractivity contribution is 5.86. The zero-order valence-electron chi connectivity index (χ0n) is 14.8. The monoisotopic (exact) mass is 353 g/mol. The molecule has 7 nitrogen and oxygen atoms in total. The SMILES string of the molecule is COC(=O)c1nc(-c2ccccc2OC)nn1Cc1ccc(OC)cc1. The lowest BCUT2D eigenvalue weighted by Gasteiger charge is -2.06. The minimum atomic E-state index is -0.549. The average molecular weight is 353 g/mol.